The molecule has 0 radical (unpaired) electrons. The van der Waals surface area contributed by atoms with Crippen LogP contribution in [0.25, 0.3) is 0 Å². The number of rotatable bonds is 6. The summed E-state index contributed by atoms with van der Waals surface area (Å²) in [6.07, 6.45) is 0. The standard InChI is InChI=1S/C21H23FN2O3/c1-27-11-10-23-20(25)19-14-24(21(26)15-6-3-2-4-7-15)13-18(19)16-8-5-9-17(22)12-16/h2-9,12,18-19H,10-11,13-14H2,1H3,(H,23,25)/t18-,19-/m0/s1. The first-order chi connectivity index (χ1) is 13.1. The van der Waals surface area contributed by atoms with E-state index in [1.165, 1.54) is 12.1 Å². The van der Waals surface area contributed by atoms with Gasteiger partial charge in [-0.2, -0.15) is 0 Å². The van der Waals surface area contributed by atoms with E-state index in [2.05, 4.69) is 5.32 Å². The molecule has 0 saturated carbocycles. The average molecular weight is 370 g/mol. The minimum atomic E-state index is -0.434. The molecule has 2 atom stereocenters. The second-order valence-corrected chi connectivity index (χ2v) is 6.63. The van der Waals surface area contributed by atoms with Gasteiger partial charge in [-0.15, -0.1) is 0 Å². The van der Waals surface area contributed by atoms with Crippen molar-refractivity contribution in [3.8, 4) is 0 Å². The number of carbonyl (C=O) groups is 2. The van der Waals surface area contributed by atoms with Crippen LogP contribution in [-0.2, 0) is 9.53 Å². The van der Waals surface area contributed by atoms with Gasteiger partial charge in [0.15, 0.2) is 0 Å². The van der Waals surface area contributed by atoms with E-state index >= 15 is 0 Å². The minimum absolute atomic E-state index is 0.121. The molecule has 1 fully saturated rings. The number of hydrogen-bond acceptors (Lipinski definition) is 3. The first kappa shape index (κ1) is 19.0. The lowest BCUT2D eigenvalue weighted by atomic mass is 9.88. The van der Waals surface area contributed by atoms with Gasteiger partial charge in [0, 0.05) is 38.2 Å². The van der Waals surface area contributed by atoms with Crippen molar-refractivity contribution in [3.63, 3.8) is 0 Å². The molecule has 2 aromatic carbocycles. The van der Waals surface area contributed by atoms with E-state index in [1.807, 2.05) is 18.2 Å². The lowest BCUT2D eigenvalue weighted by Crippen LogP contribution is -2.37. The van der Waals surface area contributed by atoms with Crippen LogP contribution >= 0.6 is 0 Å². The Bertz CT molecular complexity index is 797. The molecule has 142 valence electrons. The van der Waals surface area contributed by atoms with Crippen LogP contribution in [0.1, 0.15) is 21.8 Å². The van der Waals surface area contributed by atoms with Crippen molar-refractivity contribution in [1.82, 2.24) is 10.2 Å². The Kier molecular flexibility index (Phi) is 6.19. The highest BCUT2D eigenvalue weighted by Gasteiger charge is 2.40. The molecule has 27 heavy (non-hydrogen) atoms. The number of amides is 2. The Labute approximate surface area is 158 Å². The van der Waals surface area contributed by atoms with Gasteiger partial charge >= 0.3 is 0 Å². The van der Waals surface area contributed by atoms with Gasteiger partial charge in [-0.3, -0.25) is 9.59 Å². The molecule has 0 bridgehead atoms. The fourth-order valence-corrected chi connectivity index (χ4v) is 3.48. The number of benzene rings is 2. The van der Waals surface area contributed by atoms with E-state index in [0.717, 1.165) is 5.56 Å². The Morgan fingerprint density at radius 3 is 2.63 bits per heavy atom. The molecule has 1 aliphatic rings. The molecule has 1 saturated heterocycles. The number of ether oxygens (including phenoxy) is 1. The van der Waals surface area contributed by atoms with Crippen LogP contribution < -0.4 is 5.32 Å². The van der Waals surface area contributed by atoms with Gasteiger partial charge in [-0.25, -0.2) is 4.39 Å². The second kappa shape index (κ2) is 8.77. The summed E-state index contributed by atoms with van der Waals surface area (Å²) in [5, 5.41) is 2.84. The largest absolute Gasteiger partial charge is 0.383 e. The number of hydrogen-bond donors (Lipinski definition) is 1. The average Bonchev–Trinajstić information content (AvgIpc) is 3.14. The van der Waals surface area contributed by atoms with E-state index < -0.39 is 5.92 Å². The summed E-state index contributed by atoms with van der Waals surface area (Å²) in [5.41, 5.74) is 1.31. The molecule has 0 spiro atoms. The van der Waals surface area contributed by atoms with Crippen molar-refractivity contribution in [2.75, 3.05) is 33.4 Å². The van der Waals surface area contributed by atoms with Crippen LogP contribution in [0, 0.1) is 11.7 Å². The van der Waals surface area contributed by atoms with Crippen molar-refractivity contribution in [2.45, 2.75) is 5.92 Å². The Hall–Kier alpha value is -2.73. The monoisotopic (exact) mass is 370 g/mol. The van der Waals surface area contributed by atoms with Crippen molar-refractivity contribution < 1.29 is 18.7 Å². The smallest absolute Gasteiger partial charge is 0.253 e. The van der Waals surface area contributed by atoms with Gasteiger partial charge in [0.25, 0.3) is 5.91 Å². The molecule has 6 heteroatoms. The van der Waals surface area contributed by atoms with E-state index in [-0.39, 0.29) is 23.5 Å². The predicted molar refractivity (Wildman–Crippen MR) is 99.9 cm³/mol. The first-order valence-electron chi connectivity index (χ1n) is 8.96. The van der Waals surface area contributed by atoms with Gasteiger partial charge in [-0.05, 0) is 29.8 Å². The highest BCUT2D eigenvalue weighted by Crippen LogP contribution is 2.34. The maximum absolute atomic E-state index is 13.7. The third-order valence-electron chi connectivity index (χ3n) is 4.85. The number of nitrogens with zero attached hydrogens (tertiary/aromatic N) is 1. The Morgan fingerprint density at radius 2 is 1.93 bits per heavy atom. The highest BCUT2D eigenvalue weighted by atomic mass is 19.1. The van der Waals surface area contributed by atoms with Crippen LogP contribution in [0.3, 0.4) is 0 Å². The van der Waals surface area contributed by atoms with Crippen molar-refractivity contribution in [3.05, 3.63) is 71.5 Å². The molecular weight excluding hydrogens is 347 g/mol. The zero-order chi connectivity index (χ0) is 19.2. The van der Waals surface area contributed by atoms with Gasteiger partial charge in [-0.1, -0.05) is 30.3 Å². The van der Waals surface area contributed by atoms with E-state index in [0.29, 0.717) is 31.8 Å². The third-order valence-corrected chi connectivity index (χ3v) is 4.85. The fourth-order valence-electron chi connectivity index (χ4n) is 3.48. The summed E-state index contributed by atoms with van der Waals surface area (Å²) < 4.78 is 18.7. The van der Waals surface area contributed by atoms with Crippen LogP contribution in [-0.4, -0.2) is 50.1 Å². The van der Waals surface area contributed by atoms with Crippen molar-refractivity contribution in [2.24, 2.45) is 5.92 Å². The second-order valence-electron chi connectivity index (χ2n) is 6.63. The van der Waals surface area contributed by atoms with E-state index in [4.69, 9.17) is 4.74 Å². The molecule has 1 aliphatic heterocycles. The molecule has 3 rings (SSSR count). The Morgan fingerprint density at radius 1 is 1.15 bits per heavy atom. The first-order valence-corrected chi connectivity index (χ1v) is 8.96. The third kappa shape index (κ3) is 4.52. The predicted octanol–water partition coefficient (Wildman–Crippen LogP) is 2.44. The molecular formula is C21H23FN2O3. The zero-order valence-electron chi connectivity index (χ0n) is 15.2. The molecule has 0 aromatic heterocycles. The van der Waals surface area contributed by atoms with Crippen LogP contribution in [0.2, 0.25) is 0 Å². The van der Waals surface area contributed by atoms with E-state index in [1.54, 1.807) is 36.3 Å². The summed E-state index contributed by atoms with van der Waals surface area (Å²) in [6.45, 7) is 1.48. The number of likely N-dealkylation sites (tertiary alicyclic amines) is 1. The number of halogens is 1. The fraction of sp³-hybridized carbons (Fsp3) is 0.333. The van der Waals surface area contributed by atoms with Gasteiger partial charge in [0.1, 0.15) is 5.82 Å². The lowest BCUT2D eigenvalue weighted by molar-refractivity contribution is -0.125. The number of methoxy groups -OCH3 is 1. The summed E-state index contributed by atoms with van der Waals surface area (Å²) in [7, 11) is 1.57. The quantitative estimate of drug-likeness (QED) is 0.795. The number of carbonyl (C=O) groups excluding carboxylic acids is 2. The summed E-state index contributed by atoms with van der Waals surface area (Å²) in [6, 6.07) is 15.2. The SMILES string of the molecule is COCCNC(=O)[C@H]1CN(C(=O)c2ccccc2)C[C@H]1c1cccc(F)c1. The van der Waals surface area contributed by atoms with Crippen LogP contribution in [0.4, 0.5) is 4.39 Å². The van der Waals surface area contributed by atoms with E-state index in [9.17, 15) is 14.0 Å². The maximum atomic E-state index is 13.7. The molecule has 2 amide bonds. The molecule has 0 unspecified atom stereocenters. The molecule has 5 nitrogen and oxygen atoms in total. The van der Waals surface area contributed by atoms with Crippen molar-refractivity contribution >= 4 is 11.8 Å². The van der Waals surface area contributed by atoms with Gasteiger partial charge in [0.05, 0.1) is 12.5 Å². The van der Waals surface area contributed by atoms with Crippen LogP contribution in [0.5, 0.6) is 0 Å². The van der Waals surface area contributed by atoms with Crippen LogP contribution in [0.15, 0.2) is 54.6 Å². The number of nitrogens with one attached hydrogen (secondary N) is 1. The minimum Gasteiger partial charge on any atom is -0.383 e. The normalized spacial score (nSPS) is 19.1. The topological polar surface area (TPSA) is 58.6 Å². The van der Waals surface area contributed by atoms with Crippen molar-refractivity contribution in [1.29, 1.82) is 0 Å². The van der Waals surface area contributed by atoms with Gasteiger partial charge < -0.3 is 15.0 Å². The van der Waals surface area contributed by atoms with Gasteiger partial charge in [0.2, 0.25) is 5.91 Å². The molecule has 2 aromatic rings. The summed E-state index contributed by atoms with van der Waals surface area (Å²) in [4.78, 5) is 27.2. The molecule has 1 heterocycles. The lowest BCUT2D eigenvalue weighted by Gasteiger charge is -2.18. The maximum Gasteiger partial charge on any atom is 0.253 e. The molecule has 1 N–H and O–H groups in total. The summed E-state index contributed by atoms with van der Waals surface area (Å²) in [5.74, 6) is -1.31. The molecule has 0 aliphatic carbocycles. The highest BCUT2D eigenvalue weighted by molar-refractivity contribution is 5.95. The Balaban J connectivity index is 1.82. The summed E-state index contributed by atoms with van der Waals surface area (Å²) >= 11 is 0. The zero-order valence-corrected chi connectivity index (χ0v) is 15.2.